The second-order valence-corrected chi connectivity index (χ2v) is 7.37. The van der Waals surface area contributed by atoms with Crippen molar-refractivity contribution in [3.63, 3.8) is 0 Å². The third-order valence-electron chi connectivity index (χ3n) is 3.18. The molecule has 1 N–H and O–H groups in total. The van der Waals surface area contributed by atoms with Gasteiger partial charge in [0.25, 0.3) is 0 Å². The summed E-state index contributed by atoms with van der Waals surface area (Å²) in [5.74, 6) is 0.0422. The van der Waals surface area contributed by atoms with Crippen molar-refractivity contribution in [1.29, 1.82) is 0 Å². The van der Waals surface area contributed by atoms with E-state index in [4.69, 9.17) is 0 Å². The van der Waals surface area contributed by atoms with Gasteiger partial charge in [0.05, 0.1) is 23.7 Å². The molecule has 0 aromatic rings. The Morgan fingerprint density at radius 3 is 2.41 bits per heavy atom. The number of carbonyl (C=O) groups is 1. The maximum absolute atomic E-state index is 11.9. The van der Waals surface area contributed by atoms with Gasteiger partial charge in [-0.1, -0.05) is 6.92 Å². The van der Waals surface area contributed by atoms with Gasteiger partial charge in [-0.2, -0.15) is 0 Å². The lowest BCUT2D eigenvalue weighted by Gasteiger charge is -2.41. The number of amides is 1. The van der Waals surface area contributed by atoms with Gasteiger partial charge >= 0.3 is 0 Å². The summed E-state index contributed by atoms with van der Waals surface area (Å²) in [7, 11) is -3.03. The monoisotopic (exact) mass is 263 g/mol. The predicted octanol–water partition coefficient (Wildman–Crippen LogP) is 0.183. The van der Waals surface area contributed by atoms with Gasteiger partial charge in [-0.05, 0) is 20.3 Å². The number of aliphatic hydroxyl groups is 1. The molecule has 0 aliphatic carbocycles. The Balaban J connectivity index is 2.97. The molecular weight excluding hydrogens is 242 g/mol. The van der Waals surface area contributed by atoms with E-state index >= 15 is 0 Å². The zero-order valence-electron chi connectivity index (χ0n) is 10.6. The third-order valence-corrected chi connectivity index (χ3v) is 4.93. The van der Waals surface area contributed by atoms with E-state index in [0.29, 0.717) is 12.8 Å². The largest absolute Gasteiger partial charge is 0.394 e. The lowest BCUT2D eigenvalue weighted by atomic mass is 10.00. The Hall–Kier alpha value is -0.620. The summed E-state index contributed by atoms with van der Waals surface area (Å²) in [5, 5.41) is 9.36. The molecule has 0 saturated carbocycles. The number of nitrogens with zero attached hydrogens (tertiary/aromatic N) is 1. The van der Waals surface area contributed by atoms with Crippen molar-refractivity contribution in [1.82, 2.24) is 4.90 Å². The van der Waals surface area contributed by atoms with Gasteiger partial charge < -0.3 is 10.0 Å². The second kappa shape index (κ2) is 4.94. The Morgan fingerprint density at radius 1 is 1.47 bits per heavy atom. The van der Waals surface area contributed by atoms with E-state index in [0.717, 1.165) is 0 Å². The summed E-state index contributed by atoms with van der Waals surface area (Å²) in [6.07, 6.45) is 0.789. The predicted molar refractivity (Wildman–Crippen MR) is 65.4 cm³/mol. The normalized spacial score (nSPS) is 23.6. The van der Waals surface area contributed by atoms with Crippen molar-refractivity contribution >= 4 is 15.7 Å². The maximum Gasteiger partial charge on any atom is 0.223 e. The van der Waals surface area contributed by atoms with Crippen LogP contribution >= 0.6 is 0 Å². The standard InChI is InChI=1S/C11H21NO4S/c1-4-10(14)12(11(2,3)8-13)9-5-6-17(15,16)7-9/h9,13H,4-8H2,1-3H3/t9-/m1/s1. The van der Waals surface area contributed by atoms with Crippen molar-refractivity contribution in [2.24, 2.45) is 0 Å². The lowest BCUT2D eigenvalue weighted by molar-refractivity contribution is -0.140. The average molecular weight is 263 g/mol. The highest BCUT2D eigenvalue weighted by atomic mass is 32.2. The Labute approximate surface area is 103 Å². The first kappa shape index (κ1) is 14.4. The molecule has 1 heterocycles. The molecular formula is C11H21NO4S. The maximum atomic E-state index is 11.9. The highest BCUT2D eigenvalue weighted by molar-refractivity contribution is 7.91. The first-order valence-corrected chi connectivity index (χ1v) is 7.69. The summed E-state index contributed by atoms with van der Waals surface area (Å²) in [5.41, 5.74) is -0.711. The molecule has 1 amide bonds. The molecule has 17 heavy (non-hydrogen) atoms. The number of carbonyl (C=O) groups excluding carboxylic acids is 1. The minimum absolute atomic E-state index is 0.0160. The van der Waals surface area contributed by atoms with Crippen LogP contribution in [0.15, 0.2) is 0 Å². The summed E-state index contributed by atoms with van der Waals surface area (Å²) in [6, 6.07) is -0.297. The fourth-order valence-electron chi connectivity index (χ4n) is 2.26. The summed E-state index contributed by atoms with van der Waals surface area (Å²) in [6.45, 7) is 5.08. The number of hydrogen-bond donors (Lipinski definition) is 1. The fraction of sp³-hybridized carbons (Fsp3) is 0.909. The fourth-order valence-corrected chi connectivity index (χ4v) is 3.96. The lowest BCUT2D eigenvalue weighted by Crippen LogP contribution is -2.55. The van der Waals surface area contributed by atoms with E-state index in [9.17, 15) is 18.3 Å². The Morgan fingerprint density at radius 2 is 2.06 bits per heavy atom. The van der Waals surface area contributed by atoms with Crippen LogP contribution in [-0.2, 0) is 14.6 Å². The van der Waals surface area contributed by atoms with Gasteiger partial charge in [0.15, 0.2) is 9.84 Å². The SMILES string of the molecule is CCC(=O)N([C@@H]1CCS(=O)(=O)C1)C(C)(C)CO. The molecule has 1 rings (SSSR count). The summed E-state index contributed by atoms with van der Waals surface area (Å²) >= 11 is 0. The Kier molecular flexibility index (Phi) is 4.19. The number of rotatable bonds is 4. The molecule has 0 radical (unpaired) electrons. The van der Waals surface area contributed by atoms with Crippen molar-refractivity contribution < 1.29 is 18.3 Å². The van der Waals surface area contributed by atoms with E-state index in [1.165, 1.54) is 0 Å². The minimum atomic E-state index is -3.03. The van der Waals surface area contributed by atoms with Crippen LogP contribution in [0, 0.1) is 0 Å². The van der Waals surface area contributed by atoms with E-state index in [1.807, 2.05) is 0 Å². The molecule has 100 valence electrons. The van der Waals surface area contributed by atoms with Gasteiger partial charge in [-0.3, -0.25) is 4.79 Å². The van der Waals surface area contributed by atoms with Crippen molar-refractivity contribution in [2.45, 2.75) is 45.2 Å². The van der Waals surface area contributed by atoms with Crippen LogP contribution in [-0.4, -0.2) is 54.0 Å². The number of sulfone groups is 1. The molecule has 1 saturated heterocycles. The molecule has 5 nitrogen and oxygen atoms in total. The van der Waals surface area contributed by atoms with Crippen LogP contribution in [0.25, 0.3) is 0 Å². The van der Waals surface area contributed by atoms with Gasteiger partial charge in [0.2, 0.25) is 5.91 Å². The van der Waals surface area contributed by atoms with Gasteiger partial charge in [0.1, 0.15) is 0 Å². The van der Waals surface area contributed by atoms with Crippen LogP contribution in [0.3, 0.4) is 0 Å². The first-order chi connectivity index (χ1) is 7.73. The third kappa shape index (κ3) is 3.19. The molecule has 0 aromatic carbocycles. The van der Waals surface area contributed by atoms with Crippen molar-refractivity contribution in [2.75, 3.05) is 18.1 Å². The van der Waals surface area contributed by atoms with Gasteiger partial charge in [-0.15, -0.1) is 0 Å². The number of aliphatic hydroxyl groups excluding tert-OH is 1. The van der Waals surface area contributed by atoms with Gasteiger partial charge in [0, 0.05) is 12.5 Å². The van der Waals surface area contributed by atoms with E-state index in [2.05, 4.69) is 0 Å². The second-order valence-electron chi connectivity index (χ2n) is 5.14. The van der Waals surface area contributed by atoms with E-state index < -0.39 is 15.4 Å². The molecule has 0 unspecified atom stereocenters. The molecule has 6 heteroatoms. The zero-order valence-corrected chi connectivity index (χ0v) is 11.5. The highest BCUT2D eigenvalue weighted by Crippen LogP contribution is 2.26. The van der Waals surface area contributed by atoms with Crippen LogP contribution in [0.4, 0.5) is 0 Å². The molecule has 1 atom stereocenters. The Bertz CT molecular complexity index is 388. The van der Waals surface area contributed by atoms with Crippen LogP contribution in [0.5, 0.6) is 0 Å². The smallest absolute Gasteiger partial charge is 0.223 e. The molecule has 1 fully saturated rings. The van der Waals surface area contributed by atoms with E-state index in [1.54, 1.807) is 25.7 Å². The topological polar surface area (TPSA) is 74.7 Å². The van der Waals surface area contributed by atoms with Crippen LogP contribution in [0.2, 0.25) is 0 Å². The molecule has 0 aromatic heterocycles. The molecule has 1 aliphatic heterocycles. The molecule has 1 aliphatic rings. The summed E-state index contributed by atoms with van der Waals surface area (Å²) in [4.78, 5) is 13.5. The average Bonchev–Trinajstić information content (AvgIpc) is 2.58. The first-order valence-electron chi connectivity index (χ1n) is 5.87. The van der Waals surface area contributed by atoms with Gasteiger partial charge in [-0.25, -0.2) is 8.42 Å². The highest BCUT2D eigenvalue weighted by Gasteiger charge is 2.40. The molecule has 0 bridgehead atoms. The van der Waals surface area contributed by atoms with Crippen LogP contribution < -0.4 is 0 Å². The summed E-state index contributed by atoms with van der Waals surface area (Å²) < 4.78 is 22.9. The zero-order chi connectivity index (χ0) is 13.3. The van der Waals surface area contributed by atoms with Crippen LogP contribution in [0.1, 0.15) is 33.6 Å². The minimum Gasteiger partial charge on any atom is -0.394 e. The van der Waals surface area contributed by atoms with Crippen molar-refractivity contribution in [3.8, 4) is 0 Å². The quantitative estimate of drug-likeness (QED) is 0.785. The van der Waals surface area contributed by atoms with Crippen molar-refractivity contribution in [3.05, 3.63) is 0 Å². The molecule has 0 spiro atoms. The number of hydrogen-bond acceptors (Lipinski definition) is 4. The van der Waals surface area contributed by atoms with E-state index in [-0.39, 0.29) is 30.1 Å².